The number of carbonyl (C=O) groups is 2. The number of nitrogens with zero attached hydrogens (tertiary/aromatic N) is 4. The van der Waals surface area contributed by atoms with Crippen molar-refractivity contribution in [3.63, 3.8) is 0 Å². The minimum Gasteiger partial charge on any atom is -0.352 e. The zero-order valence-electron chi connectivity index (χ0n) is 14.0. The number of hydrogen-bond donors (Lipinski definition) is 1. The molecule has 23 heavy (non-hydrogen) atoms. The summed E-state index contributed by atoms with van der Waals surface area (Å²) in [6.07, 6.45) is 3.03. The zero-order chi connectivity index (χ0) is 17.0. The van der Waals surface area contributed by atoms with Crippen LogP contribution < -0.4 is 5.32 Å². The van der Waals surface area contributed by atoms with Gasteiger partial charge in [-0.3, -0.25) is 14.5 Å². The average molecular weight is 321 g/mol. The normalized spacial score (nSPS) is 16.6. The van der Waals surface area contributed by atoms with Crippen molar-refractivity contribution in [3.8, 4) is 0 Å². The highest BCUT2D eigenvalue weighted by Crippen LogP contribution is 2.19. The fraction of sp³-hybridized carbons (Fsp3) is 0.600. The van der Waals surface area contributed by atoms with Crippen molar-refractivity contribution >= 4 is 11.8 Å². The van der Waals surface area contributed by atoms with Crippen molar-refractivity contribution in [2.75, 3.05) is 27.2 Å². The molecule has 0 aliphatic carbocycles. The van der Waals surface area contributed by atoms with Gasteiger partial charge in [-0.2, -0.15) is 4.98 Å². The molecule has 1 N–H and O–H groups in total. The molecule has 2 rings (SSSR count). The minimum absolute atomic E-state index is 0.0486. The number of nitrogens with one attached hydrogen (secondary N) is 1. The van der Waals surface area contributed by atoms with E-state index in [1.807, 2.05) is 14.0 Å². The highest BCUT2D eigenvalue weighted by Gasteiger charge is 2.22. The predicted octanol–water partition coefficient (Wildman–Crippen LogP) is 0.428. The minimum atomic E-state index is -0.359. The molecule has 1 unspecified atom stereocenters. The molecule has 8 nitrogen and oxygen atoms in total. The van der Waals surface area contributed by atoms with Crippen LogP contribution in [0.4, 0.5) is 0 Å². The lowest BCUT2D eigenvalue weighted by atomic mass is 10.0. The Labute approximate surface area is 135 Å². The molecule has 126 valence electrons. The van der Waals surface area contributed by atoms with E-state index < -0.39 is 0 Å². The molecular formula is C15H23N5O3. The molecular weight excluding hydrogens is 298 g/mol. The second-order valence-electron chi connectivity index (χ2n) is 5.66. The largest absolute Gasteiger partial charge is 0.352 e. The quantitative estimate of drug-likeness (QED) is 0.791. The van der Waals surface area contributed by atoms with Crippen LogP contribution in [0.3, 0.4) is 0 Å². The summed E-state index contributed by atoms with van der Waals surface area (Å²) < 4.78 is 5.10. The van der Waals surface area contributed by atoms with Crippen LogP contribution in [-0.2, 0) is 11.3 Å². The molecule has 2 heterocycles. The topological polar surface area (TPSA) is 91.6 Å². The summed E-state index contributed by atoms with van der Waals surface area (Å²) in [5.41, 5.74) is 1.26. The maximum Gasteiger partial charge on any atom is 0.292 e. The van der Waals surface area contributed by atoms with Gasteiger partial charge in [-0.25, -0.2) is 0 Å². The van der Waals surface area contributed by atoms with E-state index in [-0.39, 0.29) is 23.7 Å². The van der Waals surface area contributed by atoms with E-state index in [0.717, 1.165) is 19.5 Å². The van der Waals surface area contributed by atoms with Crippen molar-refractivity contribution in [2.45, 2.75) is 32.9 Å². The van der Waals surface area contributed by atoms with Gasteiger partial charge in [0.25, 0.3) is 11.7 Å². The third-order valence-corrected chi connectivity index (χ3v) is 4.20. The first-order valence-electron chi connectivity index (χ1n) is 7.61. The van der Waals surface area contributed by atoms with E-state index >= 15 is 0 Å². The monoisotopic (exact) mass is 321 g/mol. The Balaban J connectivity index is 1.92. The summed E-state index contributed by atoms with van der Waals surface area (Å²) in [6.45, 7) is 5.72. The van der Waals surface area contributed by atoms with Gasteiger partial charge in [-0.05, 0) is 18.9 Å². The third kappa shape index (κ3) is 4.16. The molecule has 0 saturated carbocycles. The summed E-state index contributed by atoms with van der Waals surface area (Å²) in [7, 11) is 3.34. The molecule has 1 atom stereocenters. The van der Waals surface area contributed by atoms with Crippen LogP contribution in [0.2, 0.25) is 0 Å². The van der Waals surface area contributed by atoms with E-state index in [1.165, 1.54) is 12.6 Å². The van der Waals surface area contributed by atoms with E-state index in [2.05, 4.69) is 26.4 Å². The highest BCUT2D eigenvalue weighted by atomic mass is 16.5. The molecule has 1 aliphatic heterocycles. The van der Waals surface area contributed by atoms with Crippen LogP contribution in [0.25, 0.3) is 0 Å². The molecule has 0 spiro atoms. The summed E-state index contributed by atoms with van der Waals surface area (Å²) >= 11 is 0. The lowest BCUT2D eigenvalue weighted by Gasteiger charge is -2.31. The summed E-state index contributed by atoms with van der Waals surface area (Å²) in [6, 6.07) is 0.109. The fourth-order valence-electron chi connectivity index (χ4n) is 2.49. The first-order chi connectivity index (χ1) is 10.9. The van der Waals surface area contributed by atoms with E-state index in [4.69, 9.17) is 4.52 Å². The van der Waals surface area contributed by atoms with Crippen LogP contribution in [0.5, 0.6) is 0 Å². The van der Waals surface area contributed by atoms with Crippen LogP contribution in [0, 0.1) is 0 Å². The Bertz CT molecular complexity index is 610. The van der Waals surface area contributed by atoms with Crippen molar-refractivity contribution in [1.82, 2.24) is 25.3 Å². The average Bonchev–Trinajstić information content (AvgIpc) is 3.01. The molecule has 0 aromatic carbocycles. The van der Waals surface area contributed by atoms with E-state index in [0.29, 0.717) is 12.4 Å². The molecule has 0 bridgehead atoms. The maximum absolute atomic E-state index is 11.4. The highest BCUT2D eigenvalue weighted by molar-refractivity contribution is 5.89. The van der Waals surface area contributed by atoms with Gasteiger partial charge in [0.05, 0.1) is 6.54 Å². The Morgan fingerprint density at radius 2 is 2.26 bits per heavy atom. The first kappa shape index (κ1) is 17.1. The fourth-order valence-corrected chi connectivity index (χ4v) is 2.49. The second-order valence-corrected chi connectivity index (χ2v) is 5.66. The van der Waals surface area contributed by atoms with Gasteiger partial charge in [-0.15, -0.1) is 0 Å². The van der Waals surface area contributed by atoms with Gasteiger partial charge in [-0.1, -0.05) is 11.2 Å². The summed E-state index contributed by atoms with van der Waals surface area (Å²) in [5, 5.41) is 6.11. The number of rotatable bonds is 5. The van der Waals surface area contributed by atoms with Gasteiger partial charge < -0.3 is 14.7 Å². The first-order valence-corrected chi connectivity index (χ1v) is 7.61. The van der Waals surface area contributed by atoms with Crippen molar-refractivity contribution in [3.05, 3.63) is 23.4 Å². The van der Waals surface area contributed by atoms with Gasteiger partial charge in [0.2, 0.25) is 11.8 Å². The number of carbonyl (C=O) groups excluding carboxylic acids is 2. The maximum atomic E-state index is 11.4. The van der Waals surface area contributed by atoms with Gasteiger partial charge in [0.1, 0.15) is 0 Å². The van der Waals surface area contributed by atoms with Crippen molar-refractivity contribution < 1.29 is 14.1 Å². The molecule has 1 aliphatic rings. The smallest absolute Gasteiger partial charge is 0.292 e. The lowest BCUT2D eigenvalue weighted by Crippen LogP contribution is -2.38. The van der Waals surface area contributed by atoms with Gasteiger partial charge >= 0.3 is 0 Å². The van der Waals surface area contributed by atoms with Crippen LogP contribution in [0.15, 0.2) is 16.2 Å². The number of aromatic nitrogens is 2. The predicted molar refractivity (Wildman–Crippen MR) is 83.6 cm³/mol. The molecule has 1 aromatic heterocycles. The number of likely N-dealkylation sites (N-methyl/N-ethyl adjacent to an activating group) is 1. The molecule has 0 radical (unpaired) electrons. The van der Waals surface area contributed by atoms with Crippen molar-refractivity contribution in [1.29, 1.82) is 0 Å². The van der Waals surface area contributed by atoms with Gasteiger partial charge in [0.15, 0.2) is 0 Å². The molecule has 8 heteroatoms. The van der Waals surface area contributed by atoms with Crippen LogP contribution in [0.1, 0.15) is 36.8 Å². The summed E-state index contributed by atoms with van der Waals surface area (Å²) in [5.74, 6) is 0.178. The molecule has 0 saturated heterocycles. The van der Waals surface area contributed by atoms with E-state index in [9.17, 15) is 9.59 Å². The second kappa shape index (κ2) is 7.36. The number of hydrogen-bond acceptors (Lipinski definition) is 6. The molecule has 1 aromatic rings. The van der Waals surface area contributed by atoms with Crippen LogP contribution >= 0.6 is 0 Å². The third-order valence-electron chi connectivity index (χ3n) is 4.20. The Morgan fingerprint density at radius 3 is 2.83 bits per heavy atom. The van der Waals surface area contributed by atoms with Crippen molar-refractivity contribution in [2.24, 2.45) is 0 Å². The van der Waals surface area contributed by atoms with E-state index in [1.54, 1.807) is 11.8 Å². The SMILES string of the molecule is CNC(=O)c1noc(CN2CC=C(C(C)N(C)C(C)=O)CC2)n1. The Hall–Kier alpha value is -2.22. The zero-order valence-corrected chi connectivity index (χ0v) is 14.0. The standard InChI is InChI=1S/C15H23N5O3/c1-10(19(4)11(2)21)12-5-7-20(8-6-12)9-13-17-14(18-23-13)15(22)16-3/h5,10H,6-9H2,1-4H3,(H,16,22). The number of amides is 2. The molecule has 2 amide bonds. The molecule has 0 fully saturated rings. The lowest BCUT2D eigenvalue weighted by molar-refractivity contribution is -0.128. The summed E-state index contributed by atoms with van der Waals surface area (Å²) in [4.78, 5) is 30.8. The Morgan fingerprint density at radius 1 is 1.52 bits per heavy atom. The van der Waals surface area contributed by atoms with Crippen LogP contribution in [-0.4, -0.2) is 65.0 Å². The Kier molecular flexibility index (Phi) is 5.49. The van der Waals surface area contributed by atoms with Gasteiger partial charge in [0, 0.05) is 40.2 Å².